The smallest absolute Gasteiger partial charge is 0.246 e. The van der Waals surface area contributed by atoms with Gasteiger partial charge in [-0.3, -0.25) is 14.3 Å². The quantitative estimate of drug-likeness (QED) is 0.341. The molecule has 2 aromatic heterocycles. The average molecular weight is 448 g/mol. The Morgan fingerprint density at radius 2 is 1.69 bits per heavy atom. The fraction of sp³-hybridized carbons (Fsp3) is 0.130. The lowest BCUT2D eigenvalue weighted by Crippen LogP contribution is -2.20. The molecule has 1 amide bonds. The van der Waals surface area contributed by atoms with Gasteiger partial charge in [0.1, 0.15) is 12.3 Å². The molecule has 0 radical (unpaired) electrons. The molecular weight excluding hydrogens is 426 g/mol. The van der Waals surface area contributed by atoms with Crippen LogP contribution in [0, 0.1) is 4.77 Å². The van der Waals surface area contributed by atoms with Crippen molar-refractivity contribution in [1.82, 2.24) is 19.1 Å². The molecule has 32 heavy (non-hydrogen) atoms. The van der Waals surface area contributed by atoms with Gasteiger partial charge in [0.2, 0.25) is 10.7 Å². The number of methoxy groups -OCH3 is 1. The van der Waals surface area contributed by atoms with Crippen LogP contribution in [0.1, 0.15) is 17.3 Å². The van der Waals surface area contributed by atoms with Gasteiger partial charge in [-0.1, -0.05) is 0 Å². The van der Waals surface area contributed by atoms with Crippen molar-refractivity contribution >= 4 is 29.6 Å². The number of carbonyl (C=O) groups is 2. The first-order valence-electron chi connectivity index (χ1n) is 9.85. The van der Waals surface area contributed by atoms with Gasteiger partial charge in [-0.2, -0.15) is 0 Å². The molecule has 4 aromatic rings. The first kappa shape index (κ1) is 21.3. The standard InChI is InChI=1S/C23H21N5O3S/c1-16(29)17-5-9-19(10-6-17)24-21(30)15-27-23(32)28(26-13-3-4-14-26)22(25-27)18-7-11-20(31-2)12-8-18/h3-14H,15H2,1-2H3,(H,24,30). The Balaban J connectivity index is 1.63. The van der Waals surface area contributed by atoms with E-state index in [-0.39, 0.29) is 18.2 Å². The Kier molecular flexibility index (Phi) is 6.00. The van der Waals surface area contributed by atoms with E-state index in [0.717, 1.165) is 11.3 Å². The molecule has 0 bridgehead atoms. The van der Waals surface area contributed by atoms with Crippen molar-refractivity contribution in [1.29, 1.82) is 0 Å². The molecule has 4 rings (SSSR count). The highest BCUT2D eigenvalue weighted by molar-refractivity contribution is 7.71. The maximum absolute atomic E-state index is 12.7. The van der Waals surface area contributed by atoms with Gasteiger partial charge in [-0.15, -0.1) is 5.10 Å². The number of nitrogens with zero attached hydrogens (tertiary/aromatic N) is 4. The molecule has 2 heterocycles. The highest BCUT2D eigenvalue weighted by atomic mass is 32.1. The zero-order valence-electron chi connectivity index (χ0n) is 17.6. The topological polar surface area (TPSA) is 83.1 Å². The van der Waals surface area contributed by atoms with E-state index in [2.05, 4.69) is 10.4 Å². The third-order valence-corrected chi connectivity index (χ3v) is 5.24. The Morgan fingerprint density at radius 1 is 1.03 bits per heavy atom. The average Bonchev–Trinajstić information content (AvgIpc) is 3.42. The summed E-state index contributed by atoms with van der Waals surface area (Å²) in [7, 11) is 1.61. The lowest BCUT2D eigenvalue weighted by Gasteiger charge is -2.08. The second-order valence-electron chi connectivity index (χ2n) is 7.05. The Labute approximate surface area is 189 Å². The Hall–Kier alpha value is -3.98. The third kappa shape index (κ3) is 4.37. The van der Waals surface area contributed by atoms with Gasteiger partial charge >= 0.3 is 0 Å². The molecule has 0 aliphatic rings. The number of anilines is 1. The van der Waals surface area contributed by atoms with Gasteiger partial charge in [0.05, 0.1) is 7.11 Å². The number of ether oxygens (including phenoxy) is 1. The summed E-state index contributed by atoms with van der Waals surface area (Å²) in [6.07, 6.45) is 3.71. The molecule has 9 heteroatoms. The fourth-order valence-corrected chi connectivity index (χ4v) is 3.50. The third-order valence-electron chi connectivity index (χ3n) is 4.85. The SMILES string of the molecule is COc1ccc(-c2nn(CC(=O)Nc3ccc(C(C)=O)cc3)c(=S)n2-n2cccc2)cc1. The molecule has 0 atom stereocenters. The molecule has 0 saturated heterocycles. The maximum Gasteiger partial charge on any atom is 0.246 e. The molecule has 0 aliphatic heterocycles. The number of nitrogens with one attached hydrogen (secondary N) is 1. The zero-order valence-corrected chi connectivity index (χ0v) is 18.4. The van der Waals surface area contributed by atoms with Crippen LogP contribution in [0.15, 0.2) is 73.1 Å². The van der Waals surface area contributed by atoms with Gasteiger partial charge in [-0.05, 0) is 79.8 Å². The minimum atomic E-state index is -0.282. The number of aromatic nitrogens is 4. The molecule has 0 spiro atoms. The molecule has 1 N–H and O–H groups in total. The fourth-order valence-electron chi connectivity index (χ4n) is 3.21. The van der Waals surface area contributed by atoms with E-state index in [1.807, 2.05) is 53.5 Å². The van der Waals surface area contributed by atoms with Crippen LogP contribution in [0.3, 0.4) is 0 Å². The summed E-state index contributed by atoms with van der Waals surface area (Å²) in [6, 6.07) is 17.9. The predicted molar refractivity (Wildman–Crippen MR) is 123 cm³/mol. The van der Waals surface area contributed by atoms with Crippen LogP contribution >= 0.6 is 12.2 Å². The molecule has 0 unspecified atom stereocenters. The van der Waals surface area contributed by atoms with Crippen molar-refractivity contribution in [2.24, 2.45) is 0 Å². The van der Waals surface area contributed by atoms with Crippen LogP contribution in [0.5, 0.6) is 5.75 Å². The van der Waals surface area contributed by atoms with Gasteiger partial charge in [0.15, 0.2) is 11.6 Å². The molecule has 0 aliphatic carbocycles. The zero-order chi connectivity index (χ0) is 22.7. The minimum Gasteiger partial charge on any atom is -0.497 e. The second kappa shape index (κ2) is 9.03. The van der Waals surface area contributed by atoms with Crippen LogP contribution in [0.4, 0.5) is 5.69 Å². The summed E-state index contributed by atoms with van der Waals surface area (Å²) in [5, 5.41) is 7.43. The lowest BCUT2D eigenvalue weighted by atomic mass is 10.1. The van der Waals surface area contributed by atoms with E-state index >= 15 is 0 Å². The highest BCUT2D eigenvalue weighted by Gasteiger charge is 2.16. The van der Waals surface area contributed by atoms with Crippen molar-refractivity contribution in [3.63, 3.8) is 0 Å². The summed E-state index contributed by atoms with van der Waals surface area (Å²) in [5.41, 5.74) is 2.00. The van der Waals surface area contributed by atoms with Crippen molar-refractivity contribution in [2.45, 2.75) is 13.5 Å². The van der Waals surface area contributed by atoms with E-state index in [4.69, 9.17) is 17.0 Å². The number of ketones is 1. The van der Waals surface area contributed by atoms with E-state index < -0.39 is 0 Å². The van der Waals surface area contributed by atoms with Crippen molar-refractivity contribution in [3.05, 3.63) is 83.4 Å². The number of Topliss-reactive ketones (excluding diaryl/α,β-unsaturated/α-hetero) is 1. The van der Waals surface area contributed by atoms with E-state index in [0.29, 0.717) is 21.8 Å². The van der Waals surface area contributed by atoms with E-state index in [9.17, 15) is 9.59 Å². The highest BCUT2D eigenvalue weighted by Crippen LogP contribution is 2.22. The van der Waals surface area contributed by atoms with Crippen molar-refractivity contribution in [2.75, 3.05) is 12.4 Å². The number of amides is 1. The summed E-state index contributed by atoms with van der Waals surface area (Å²) < 4.78 is 10.7. The van der Waals surface area contributed by atoms with Gasteiger partial charge in [-0.25, -0.2) is 9.36 Å². The van der Waals surface area contributed by atoms with Crippen molar-refractivity contribution < 1.29 is 14.3 Å². The summed E-state index contributed by atoms with van der Waals surface area (Å²) in [4.78, 5) is 24.1. The van der Waals surface area contributed by atoms with Gasteiger partial charge in [0, 0.05) is 29.2 Å². The first-order chi connectivity index (χ1) is 15.5. The molecular formula is C23H21N5O3S. The number of benzene rings is 2. The van der Waals surface area contributed by atoms with Crippen LogP contribution in [-0.2, 0) is 11.3 Å². The molecule has 2 aromatic carbocycles. The molecule has 162 valence electrons. The summed E-state index contributed by atoms with van der Waals surface area (Å²) in [5.74, 6) is 1.01. The van der Waals surface area contributed by atoms with E-state index in [1.165, 1.54) is 11.6 Å². The lowest BCUT2D eigenvalue weighted by molar-refractivity contribution is -0.116. The van der Waals surface area contributed by atoms with Gasteiger partial charge < -0.3 is 10.1 Å². The van der Waals surface area contributed by atoms with E-state index in [1.54, 1.807) is 36.1 Å². The largest absolute Gasteiger partial charge is 0.497 e. The van der Waals surface area contributed by atoms with Crippen LogP contribution in [0.2, 0.25) is 0 Å². The second-order valence-corrected chi connectivity index (χ2v) is 7.41. The first-order valence-corrected chi connectivity index (χ1v) is 10.3. The maximum atomic E-state index is 12.7. The Morgan fingerprint density at radius 3 is 2.28 bits per heavy atom. The van der Waals surface area contributed by atoms with Crippen LogP contribution < -0.4 is 10.1 Å². The van der Waals surface area contributed by atoms with Crippen LogP contribution in [-0.4, -0.2) is 37.9 Å². The number of hydrogen-bond acceptors (Lipinski definition) is 5. The van der Waals surface area contributed by atoms with Crippen molar-refractivity contribution in [3.8, 4) is 17.1 Å². The molecule has 0 saturated carbocycles. The monoisotopic (exact) mass is 447 g/mol. The normalized spacial score (nSPS) is 10.7. The Bertz CT molecular complexity index is 1300. The number of rotatable bonds is 7. The summed E-state index contributed by atoms with van der Waals surface area (Å²) in [6.45, 7) is 1.43. The van der Waals surface area contributed by atoms with Crippen LogP contribution in [0.25, 0.3) is 11.4 Å². The molecule has 0 fully saturated rings. The minimum absolute atomic E-state index is 0.0317. The molecule has 8 nitrogen and oxygen atoms in total. The van der Waals surface area contributed by atoms with Gasteiger partial charge in [0.25, 0.3) is 0 Å². The predicted octanol–water partition coefficient (Wildman–Crippen LogP) is 4.04. The number of hydrogen-bond donors (Lipinski definition) is 1. The summed E-state index contributed by atoms with van der Waals surface area (Å²) >= 11 is 5.64. The number of carbonyl (C=O) groups excluding carboxylic acids is 2.